The van der Waals surface area contributed by atoms with Gasteiger partial charge in [0.1, 0.15) is 17.3 Å². The largest absolute Gasteiger partial charge is 0.458 e. The molecule has 20 rings (SSSR count). The van der Waals surface area contributed by atoms with Gasteiger partial charge in [0.05, 0.1) is 44.8 Å². The van der Waals surface area contributed by atoms with Crippen LogP contribution >= 0.6 is 0 Å². The Labute approximate surface area is 665 Å². The van der Waals surface area contributed by atoms with Gasteiger partial charge in [-0.05, 0) is 197 Å². The van der Waals surface area contributed by atoms with Gasteiger partial charge in [-0.1, -0.05) is 318 Å². The summed E-state index contributed by atoms with van der Waals surface area (Å²) in [4.78, 5) is 10.2. The van der Waals surface area contributed by atoms with E-state index in [9.17, 15) is 0 Å². The summed E-state index contributed by atoms with van der Waals surface area (Å²) < 4.78 is 14.6. The predicted octanol–water partition coefficient (Wildman–Crippen LogP) is 26.3. The maximum absolute atomic E-state index is 7.70. The van der Waals surface area contributed by atoms with Crippen molar-refractivity contribution in [2.45, 2.75) is 26.2 Å². The summed E-state index contributed by atoms with van der Waals surface area (Å²) in [5.41, 5.74) is 29.6. The highest BCUT2D eigenvalue weighted by atomic mass is 16.5. The van der Waals surface area contributed by atoms with Gasteiger partial charge in [0.25, 0.3) is 6.33 Å². The first-order valence-corrected chi connectivity index (χ1v) is 39.1. The van der Waals surface area contributed by atoms with Crippen LogP contribution in [0, 0.1) is 6.33 Å². The Bertz CT molecular complexity index is 6440. The van der Waals surface area contributed by atoms with E-state index in [2.05, 4.69) is 457 Å². The van der Waals surface area contributed by atoms with Crippen LogP contribution in [0.15, 0.2) is 413 Å². The molecule has 0 amide bonds. The summed E-state index contributed by atoms with van der Waals surface area (Å²) in [5, 5.41) is 2.23. The molecule has 0 aliphatic carbocycles. The summed E-state index contributed by atoms with van der Waals surface area (Å²) in [6.45, 7) is 6.23. The monoisotopic (exact) mass is 1460 g/mol. The molecule has 3 aromatic heterocycles. The number of ether oxygens (including phenoxy) is 1. The third kappa shape index (κ3) is 12.7. The highest BCUT2D eigenvalue weighted by Crippen LogP contribution is 2.51. The fourth-order valence-corrected chi connectivity index (χ4v) is 16.9. The van der Waals surface area contributed by atoms with Crippen LogP contribution in [-0.2, 0) is 5.41 Å². The third-order valence-electron chi connectivity index (χ3n) is 22.3. The van der Waals surface area contributed by atoms with Crippen LogP contribution in [0.5, 0.6) is 11.5 Å². The lowest BCUT2D eigenvalue weighted by molar-refractivity contribution is -0.571. The van der Waals surface area contributed by atoms with Crippen molar-refractivity contribution >= 4 is 68.0 Å². The van der Waals surface area contributed by atoms with Gasteiger partial charge < -0.3 is 14.4 Å². The van der Waals surface area contributed by atoms with Crippen molar-refractivity contribution in [2.75, 3.05) is 9.62 Å². The highest BCUT2D eigenvalue weighted by Gasteiger charge is 2.45. The zero-order valence-electron chi connectivity index (χ0n) is 63.4. The number of nitrogens with zero attached hydrogens (tertiary/aromatic N) is 6. The minimum atomic E-state index is -0.529. The molecule has 0 atom stereocenters. The Hall–Kier alpha value is -14.6. The summed E-state index contributed by atoms with van der Waals surface area (Å²) in [5.74, 6) is 2.15. The molecule has 0 unspecified atom stereocenters. The van der Waals surface area contributed by atoms with Crippen LogP contribution in [0.1, 0.15) is 26.3 Å². The van der Waals surface area contributed by atoms with Crippen LogP contribution in [0.2, 0.25) is 0 Å². The number of anilines is 4. The number of fused-ring (bicyclic) bond motifs is 5. The Morgan fingerprint density at radius 1 is 0.316 bits per heavy atom. The number of imidazole rings is 1. The molecule has 1 aliphatic heterocycles. The third-order valence-corrected chi connectivity index (χ3v) is 22.3. The number of benzene rings is 16. The number of rotatable bonds is 16. The van der Waals surface area contributed by atoms with E-state index in [1.165, 1.54) is 5.56 Å². The second-order valence-electron chi connectivity index (χ2n) is 30.4. The van der Waals surface area contributed by atoms with Gasteiger partial charge >= 0.3 is 6.98 Å². The molecule has 16 aromatic carbocycles. The first-order valence-electron chi connectivity index (χ1n) is 39.1. The molecule has 0 spiro atoms. The lowest BCUT2D eigenvalue weighted by atomic mass is 9.63. The molecule has 8 heteroatoms. The minimum absolute atomic E-state index is 0.109. The summed E-state index contributed by atoms with van der Waals surface area (Å²) in [6, 6.07) is 147. The van der Waals surface area contributed by atoms with Gasteiger partial charge in [0.15, 0.2) is 0 Å². The molecule has 0 radical (unpaired) electrons. The van der Waals surface area contributed by atoms with Crippen molar-refractivity contribution in [1.82, 2.24) is 14.1 Å². The van der Waals surface area contributed by atoms with E-state index in [0.29, 0.717) is 11.5 Å². The van der Waals surface area contributed by atoms with Crippen molar-refractivity contribution in [1.29, 1.82) is 0 Å². The van der Waals surface area contributed by atoms with Gasteiger partial charge in [-0.15, -0.1) is 0 Å². The standard InChI is InChI=1S/C106H77BN6O/c1-106(2,3)85-59-60-108-104(67-85)111-96-50-25-24-47-94(96)95-58-57-88(71-103(95)111)114-89-69-86(107-112(97-51-26-22-45-90(97)77-41-18-8-19-42-77)101-55-30-31-56-102(101)113(107)98-52-27-23-46-91(98)78-43-20-9-21-44-78)68-87(70-89)109-72-110(100-54-29-28-53-99(100)109)105-92(83-63-79(73-33-10-4-11-34-73)61-80(64-83)74-35-12-5-13-36-74)48-32-49-93(105)84-65-81(75-37-14-6-15-38-75)62-82(66-84)76-39-16-7-17-40-76/h4-71H,1-3H3. The molecule has 7 nitrogen and oxygen atoms in total. The van der Waals surface area contributed by atoms with Gasteiger partial charge in [-0.2, -0.15) is 0 Å². The van der Waals surface area contributed by atoms with Crippen molar-refractivity contribution in [2.24, 2.45) is 0 Å². The van der Waals surface area contributed by atoms with Crippen LogP contribution in [-0.4, -0.2) is 21.1 Å². The summed E-state index contributed by atoms with van der Waals surface area (Å²) in [6.07, 6.45) is 6.16. The van der Waals surface area contributed by atoms with Crippen LogP contribution in [0.3, 0.4) is 0 Å². The van der Waals surface area contributed by atoms with E-state index >= 15 is 0 Å². The Balaban J connectivity index is 0.864. The maximum atomic E-state index is 7.70. The fourth-order valence-electron chi connectivity index (χ4n) is 16.9. The Morgan fingerprint density at radius 3 is 1.25 bits per heavy atom. The number of hydrogen-bond acceptors (Lipinski definition) is 4. The lowest BCUT2D eigenvalue weighted by Crippen LogP contribution is -2.53. The van der Waals surface area contributed by atoms with Crippen molar-refractivity contribution in [3.05, 3.63) is 425 Å². The van der Waals surface area contributed by atoms with Gasteiger partial charge in [0.2, 0.25) is 0 Å². The molecule has 114 heavy (non-hydrogen) atoms. The number of para-hydroxylation sites is 8. The normalized spacial score (nSPS) is 12.1. The minimum Gasteiger partial charge on any atom is -0.458 e. The molecule has 1 aliphatic rings. The molecular formula is C106H77BN6O. The molecule has 540 valence electrons. The molecule has 0 bridgehead atoms. The molecule has 0 N–H and O–H groups in total. The Kier molecular flexibility index (Phi) is 17.5. The zero-order chi connectivity index (χ0) is 76.2. The summed E-state index contributed by atoms with van der Waals surface area (Å²) >= 11 is 0. The van der Waals surface area contributed by atoms with Crippen LogP contribution < -0.4 is 24.4 Å². The maximum Gasteiger partial charge on any atom is 0.420 e. The summed E-state index contributed by atoms with van der Waals surface area (Å²) in [7, 11) is 0. The highest BCUT2D eigenvalue weighted by molar-refractivity contribution is 6.84. The molecule has 4 heterocycles. The molecule has 0 saturated carbocycles. The number of aromatic nitrogens is 4. The zero-order valence-corrected chi connectivity index (χ0v) is 63.4. The topological polar surface area (TPSA) is 42.3 Å². The van der Waals surface area contributed by atoms with Gasteiger partial charge in [-0.3, -0.25) is 13.7 Å². The number of hydrogen-bond donors (Lipinski definition) is 0. The molecular weight excluding hydrogens is 1380 g/mol. The van der Waals surface area contributed by atoms with E-state index in [0.717, 1.165) is 167 Å². The van der Waals surface area contributed by atoms with E-state index in [-0.39, 0.29) is 5.41 Å². The van der Waals surface area contributed by atoms with E-state index in [1.54, 1.807) is 0 Å². The van der Waals surface area contributed by atoms with E-state index < -0.39 is 6.98 Å². The molecule has 0 fully saturated rings. The van der Waals surface area contributed by atoms with Crippen LogP contribution in [0.4, 0.5) is 22.7 Å². The second-order valence-corrected chi connectivity index (χ2v) is 30.4. The van der Waals surface area contributed by atoms with Crippen molar-refractivity contribution in [3.63, 3.8) is 0 Å². The average molecular weight is 1460 g/mol. The SMILES string of the molecule is CC(C)(C)c1ccnc(-n2c3ccccc3c3ccc(Oc4cc(B5N(c6ccccc6-c6ccccc6)c6ccccc6N5c5ccccc5-c5ccccc5)cc(-n5[c-][n+](-c6c(-c7cc(-c8ccccc8)cc(-c8ccccc8)c7)cccc6-c6cc(-c7ccccc7)cc(-c7ccccc7)c6)c6ccccc65)c4)cc32)c1. The first-order chi connectivity index (χ1) is 56.2. The predicted molar refractivity (Wildman–Crippen MR) is 473 cm³/mol. The van der Waals surface area contributed by atoms with E-state index in [4.69, 9.17) is 9.72 Å². The molecule has 0 saturated heterocycles. The van der Waals surface area contributed by atoms with Crippen molar-refractivity contribution in [3.8, 4) is 118 Å². The second kappa shape index (κ2) is 29.0. The average Bonchev–Trinajstić information content (AvgIpc) is 1.54. The van der Waals surface area contributed by atoms with Gasteiger partial charge in [-0.25, -0.2) is 4.98 Å². The van der Waals surface area contributed by atoms with Crippen molar-refractivity contribution < 1.29 is 9.30 Å². The molecule has 19 aromatic rings. The quantitative estimate of drug-likeness (QED) is 0.0549. The fraction of sp³-hybridized carbons (Fsp3) is 0.0377. The van der Waals surface area contributed by atoms with Gasteiger partial charge in [0, 0.05) is 45.5 Å². The van der Waals surface area contributed by atoms with E-state index in [1.807, 2.05) is 6.20 Å². The smallest absolute Gasteiger partial charge is 0.420 e. The van der Waals surface area contributed by atoms with Crippen LogP contribution in [0.25, 0.3) is 139 Å². The number of pyridine rings is 1. The first kappa shape index (κ1) is 68.7. The Morgan fingerprint density at radius 2 is 0.737 bits per heavy atom. The lowest BCUT2D eigenvalue weighted by Gasteiger charge is -2.33.